The van der Waals surface area contributed by atoms with Gasteiger partial charge in [-0.3, -0.25) is 9.80 Å². The Hall–Kier alpha value is -0.160. The number of aliphatic hydroxyl groups is 1. The summed E-state index contributed by atoms with van der Waals surface area (Å²) in [5, 5.41) is 9.70. The summed E-state index contributed by atoms with van der Waals surface area (Å²) < 4.78 is 5.52. The van der Waals surface area contributed by atoms with Crippen LogP contribution in [0.4, 0.5) is 0 Å². The second-order valence-electron chi connectivity index (χ2n) is 6.53. The Morgan fingerprint density at radius 3 is 3.00 bits per heavy atom. The Kier molecular flexibility index (Phi) is 3.63. The Labute approximate surface area is 110 Å². The molecule has 0 aromatic heterocycles. The van der Waals surface area contributed by atoms with Crippen LogP contribution in [0, 0.1) is 5.41 Å². The van der Waals surface area contributed by atoms with Crippen LogP contribution in [0.15, 0.2) is 0 Å². The van der Waals surface area contributed by atoms with Gasteiger partial charge in [0.25, 0.3) is 0 Å². The minimum Gasteiger partial charge on any atom is -0.396 e. The Morgan fingerprint density at radius 2 is 2.28 bits per heavy atom. The molecule has 0 aromatic rings. The first-order chi connectivity index (χ1) is 8.72. The predicted octanol–water partition coefficient (Wildman–Crippen LogP) is 0.554. The zero-order chi connectivity index (χ0) is 12.6. The first-order valence-corrected chi connectivity index (χ1v) is 7.39. The number of aliphatic hydroxyl groups excluding tert-OH is 1. The maximum Gasteiger partial charge on any atom is 0.0557 e. The van der Waals surface area contributed by atoms with E-state index in [0.29, 0.717) is 6.04 Å². The fraction of sp³-hybridized carbons (Fsp3) is 1.00. The van der Waals surface area contributed by atoms with Gasteiger partial charge in [-0.1, -0.05) is 0 Å². The fourth-order valence-corrected chi connectivity index (χ4v) is 3.85. The number of rotatable bonds is 3. The molecular weight excluding hydrogens is 228 g/mol. The van der Waals surface area contributed by atoms with Gasteiger partial charge in [0.2, 0.25) is 0 Å². The van der Waals surface area contributed by atoms with Gasteiger partial charge in [-0.25, -0.2) is 0 Å². The lowest BCUT2D eigenvalue weighted by molar-refractivity contribution is 0.000907. The molecule has 0 spiro atoms. The lowest BCUT2D eigenvalue weighted by Crippen LogP contribution is -2.57. The van der Waals surface area contributed by atoms with Crippen LogP contribution in [-0.4, -0.2) is 73.0 Å². The third-order valence-electron chi connectivity index (χ3n) is 5.13. The molecule has 0 bridgehead atoms. The molecule has 1 N–H and O–H groups in total. The number of hydrogen-bond donors (Lipinski definition) is 1. The van der Waals surface area contributed by atoms with Crippen LogP contribution in [0.3, 0.4) is 0 Å². The van der Waals surface area contributed by atoms with E-state index in [0.717, 1.165) is 32.2 Å². The van der Waals surface area contributed by atoms with Crippen molar-refractivity contribution in [2.45, 2.75) is 38.3 Å². The number of hydrogen-bond acceptors (Lipinski definition) is 4. The van der Waals surface area contributed by atoms with Crippen LogP contribution >= 0.6 is 0 Å². The standard InChI is InChI=1S/C14H26N2O2/c1-12-7-15-5-2-3-13(15)8-16(12)9-14(10-17)4-6-18-11-14/h12-13,17H,2-11H2,1H3. The summed E-state index contributed by atoms with van der Waals surface area (Å²) in [6.45, 7) is 8.83. The van der Waals surface area contributed by atoms with E-state index >= 15 is 0 Å². The zero-order valence-electron chi connectivity index (χ0n) is 11.5. The van der Waals surface area contributed by atoms with Crippen LogP contribution in [0.25, 0.3) is 0 Å². The molecule has 3 aliphatic rings. The molecule has 3 rings (SSSR count). The van der Waals surface area contributed by atoms with Crippen LogP contribution in [0.5, 0.6) is 0 Å². The van der Waals surface area contributed by atoms with Gasteiger partial charge in [0.05, 0.1) is 13.2 Å². The van der Waals surface area contributed by atoms with Gasteiger partial charge in [0, 0.05) is 43.7 Å². The van der Waals surface area contributed by atoms with E-state index in [4.69, 9.17) is 4.74 Å². The molecule has 3 aliphatic heterocycles. The molecule has 0 aliphatic carbocycles. The summed E-state index contributed by atoms with van der Waals surface area (Å²) in [5.74, 6) is 0. The molecule has 3 unspecified atom stereocenters. The van der Waals surface area contributed by atoms with Gasteiger partial charge in [0.1, 0.15) is 0 Å². The second-order valence-corrected chi connectivity index (χ2v) is 6.53. The van der Waals surface area contributed by atoms with Gasteiger partial charge in [0.15, 0.2) is 0 Å². The number of fused-ring (bicyclic) bond motifs is 1. The zero-order valence-corrected chi connectivity index (χ0v) is 11.5. The molecule has 4 nitrogen and oxygen atoms in total. The Balaban J connectivity index is 1.64. The van der Waals surface area contributed by atoms with Crippen LogP contribution in [-0.2, 0) is 4.74 Å². The Bertz CT molecular complexity index is 292. The summed E-state index contributed by atoms with van der Waals surface area (Å²) in [5.41, 5.74) is 0.00896. The minimum absolute atomic E-state index is 0.00896. The smallest absolute Gasteiger partial charge is 0.0557 e. The molecule has 3 saturated heterocycles. The quantitative estimate of drug-likeness (QED) is 0.798. The van der Waals surface area contributed by atoms with E-state index in [1.54, 1.807) is 0 Å². The molecule has 0 amide bonds. The molecular formula is C14H26N2O2. The maximum absolute atomic E-state index is 9.70. The van der Waals surface area contributed by atoms with Crippen molar-refractivity contribution in [1.82, 2.24) is 9.80 Å². The van der Waals surface area contributed by atoms with Crippen molar-refractivity contribution < 1.29 is 9.84 Å². The number of nitrogens with zero attached hydrogens (tertiary/aromatic N) is 2. The van der Waals surface area contributed by atoms with E-state index in [1.165, 1.54) is 32.5 Å². The van der Waals surface area contributed by atoms with Crippen molar-refractivity contribution in [2.75, 3.05) is 46.0 Å². The van der Waals surface area contributed by atoms with Crippen molar-refractivity contribution in [3.63, 3.8) is 0 Å². The molecule has 3 heterocycles. The van der Waals surface area contributed by atoms with Crippen molar-refractivity contribution in [3.05, 3.63) is 0 Å². The summed E-state index contributed by atoms with van der Waals surface area (Å²) in [6, 6.07) is 1.38. The average molecular weight is 254 g/mol. The van der Waals surface area contributed by atoms with Crippen LogP contribution < -0.4 is 0 Å². The van der Waals surface area contributed by atoms with E-state index < -0.39 is 0 Å². The summed E-state index contributed by atoms with van der Waals surface area (Å²) in [7, 11) is 0. The SMILES string of the molecule is CC1CN2CCCC2CN1CC1(CO)CCOC1. The van der Waals surface area contributed by atoms with Crippen LogP contribution in [0.1, 0.15) is 26.2 Å². The summed E-state index contributed by atoms with van der Waals surface area (Å²) in [6.07, 6.45) is 3.73. The van der Waals surface area contributed by atoms with Gasteiger partial charge < -0.3 is 9.84 Å². The van der Waals surface area contributed by atoms with Gasteiger partial charge in [-0.05, 0) is 32.7 Å². The normalized spacial score (nSPS) is 42.3. The molecule has 0 saturated carbocycles. The lowest BCUT2D eigenvalue weighted by Gasteiger charge is -2.45. The van der Waals surface area contributed by atoms with Crippen molar-refractivity contribution in [1.29, 1.82) is 0 Å². The van der Waals surface area contributed by atoms with Crippen molar-refractivity contribution >= 4 is 0 Å². The Morgan fingerprint density at radius 1 is 1.39 bits per heavy atom. The van der Waals surface area contributed by atoms with E-state index in [-0.39, 0.29) is 12.0 Å². The molecule has 104 valence electrons. The van der Waals surface area contributed by atoms with Crippen LogP contribution in [0.2, 0.25) is 0 Å². The highest BCUT2D eigenvalue weighted by molar-refractivity contribution is 4.94. The monoisotopic (exact) mass is 254 g/mol. The lowest BCUT2D eigenvalue weighted by atomic mass is 9.86. The molecule has 4 heteroatoms. The van der Waals surface area contributed by atoms with Gasteiger partial charge in [-0.15, -0.1) is 0 Å². The number of piperazine rings is 1. The maximum atomic E-state index is 9.70. The third-order valence-corrected chi connectivity index (χ3v) is 5.13. The molecule has 0 aromatic carbocycles. The highest BCUT2D eigenvalue weighted by Gasteiger charge is 2.41. The summed E-state index contributed by atoms with van der Waals surface area (Å²) in [4.78, 5) is 5.25. The number of ether oxygens (including phenoxy) is 1. The topological polar surface area (TPSA) is 35.9 Å². The van der Waals surface area contributed by atoms with E-state index in [1.807, 2.05) is 0 Å². The molecule has 3 fully saturated rings. The van der Waals surface area contributed by atoms with Crippen molar-refractivity contribution in [3.8, 4) is 0 Å². The van der Waals surface area contributed by atoms with E-state index in [2.05, 4.69) is 16.7 Å². The fourth-order valence-electron chi connectivity index (χ4n) is 3.85. The third kappa shape index (κ3) is 2.31. The average Bonchev–Trinajstić information content (AvgIpc) is 2.99. The first-order valence-electron chi connectivity index (χ1n) is 7.39. The predicted molar refractivity (Wildman–Crippen MR) is 70.6 cm³/mol. The highest BCUT2D eigenvalue weighted by atomic mass is 16.5. The first kappa shape index (κ1) is 12.9. The largest absolute Gasteiger partial charge is 0.396 e. The molecule has 18 heavy (non-hydrogen) atoms. The minimum atomic E-state index is 0.00896. The van der Waals surface area contributed by atoms with Gasteiger partial charge >= 0.3 is 0 Å². The molecule has 0 radical (unpaired) electrons. The molecule has 3 atom stereocenters. The van der Waals surface area contributed by atoms with Crippen molar-refractivity contribution in [2.24, 2.45) is 5.41 Å². The van der Waals surface area contributed by atoms with Gasteiger partial charge in [-0.2, -0.15) is 0 Å². The van der Waals surface area contributed by atoms with E-state index in [9.17, 15) is 5.11 Å². The second kappa shape index (κ2) is 5.08. The summed E-state index contributed by atoms with van der Waals surface area (Å²) >= 11 is 0. The highest BCUT2D eigenvalue weighted by Crippen LogP contribution is 2.32.